The molecule has 0 rings (SSSR count). The molecule has 0 aromatic heterocycles. The van der Waals surface area contributed by atoms with Gasteiger partial charge in [-0.05, 0) is 38.2 Å². The number of carboxylic acids is 2. The van der Waals surface area contributed by atoms with Gasteiger partial charge in [-0.25, -0.2) is 0 Å². The highest BCUT2D eigenvalue weighted by atomic mass is 32.2. The second-order valence-corrected chi connectivity index (χ2v) is 9.55. The number of aliphatic hydroxyl groups is 1. The maximum Gasteiger partial charge on any atom is 0.325 e. The van der Waals surface area contributed by atoms with Crippen molar-refractivity contribution in [3.8, 4) is 0 Å². The van der Waals surface area contributed by atoms with E-state index in [1.807, 2.05) is 0 Å². The Labute approximate surface area is 213 Å². The molecule has 0 heterocycles. The number of aliphatic hydroxyl groups excluding tert-OH is 1. The van der Waals surface area contributed by atoms with E-state index in [0.717, 1.165) is 0 Å². The zero-order valence-corrected chi connectivity index (χ0v) is 21.8. The molecule has 14 nitrogen and oxygen atoms in total. The summed E-state index contributed by atoms with van der Waals surface area (Å²) in [6.07, 6.45) is -0.00696. The van der Waals surface area contributed by atoms with Crippen LogP contribution in [0, 0.1) is 5.92 Å². The molecule has 0 aliphatic carbocycles. The number of aliphatic carboxylic acids is 2. The van der Waals surface area contributed by atoms with E-state index in [1.54, 1.807) is 20.1 Å². The highest BCUT2D eigenvalue weighted by Crippen LogP contribution is 2.08. The normalized spacial score (nSPS) is 16.0. The van der Waals surface area contributed by atoms with Crippen LogP contribution in [0.2, 0.25) is 0 Å². The van der Waals surface area contributed by atoms with Gasteiger partial charge in [-0.1, -0.05) is 13.8 Å². The van der Waals surface area contributed by atoms with Crippen LogP contribution in [0.3, 0.4) is 0 Å². The van der Waals surface area contributed by atoms with E-state index in [9.17, 15) is 33.9 Å². The van der Waals surface area contributed by atoms with E-state index in [2.05, 4.69) is 21.3 Å². The van der Waals surface area contributed by atoms with Gasteiger partial charge in [0.15, 0.2) is 0 Å². The summed E-state index contributed by atoms with van der Waals surface area (Å²) in [5.41, 5.74) is 5.63. The molecule has 0 unspecified atom stereocenters. The molecule has 0 fully saturated rings. The Hall–Kier alpha value is -2.91. The van der Waals surface area contributed by atoms with Crippen molar-refractivity contribution in [2.45, 2.75) is 76.8 Å². The van der Waals surface area contributed by atoms with Crippen molar-refractivity contribution in [2.24, 2.45) is 11.7 Å². The summed E-state index contributed by atoms with van der Waals surface area (Å²) < 4.78 is 0. The van der Waals surface area contributed by atoms with Crippen molar-refractivity contribution < 1.29 is 44.1 Å². The van der Waals surface area contributed by atoms with Gasteiger partial charge in [-0.2, -0.15) is 11.8 Å². The van der Waals surface area contributed by atoms with E-state index in [0.29, 0.717) is 5.75 Å². The number of carbonyl (C=O) groups excluding carboxylic acids is 4. The fourth-order valence-corrected chi connectivity index (χ4v) is 3.27. The standard InChI is InChI=1S/C21H37N5O9S/c1-9(2)16(20(33)25-13(8-14(28)29)18(31)23-10(3)21(34)35)26-17(30)12(6-7-36-5)24-19(32)15(22)11(4)27/h9-13,15-16,27H,6-8,22H2,1-5H3,(H,23,31)(H,24,32)(H,25,33)(H,26,30)(H,28,29)(H,34,35)/t10-,11+,12-,13-,15-,16-/m0/s1. The SMILES string of the molecule is CSCC[C@H](NC(=O)[C@@H](N)[C@@H](C)O)C(=O)N[C@H](C(=O)N[C@@H](CC(=O)O)C(=O)N[C@@H](C)C(=O)O)C(C)C. The second-order valence-electron chi connectivity index (χ2n) is 8.57. The number of amides is 4. The van der Waals surface area contributed by atoms with Crippen molar-refractivity contribution in [1.29, 1.82) is 0 Å². The fraction of sp³-hybridized carbons (Fsp3) is 0.714. The monoisotopic (exact) mass is 535 g/mol. The lowest BCUT2D eigenvalue weighted by atomic mass is 10.0. The Bertz CT molecular complexity index is 809. The first-order chi connectivity index (χ1) is 16.6. The highest BCUT2D eigenvalue weighted by Gasteiger charge is 2.33. The van der Waals surface area contributed by atoms with Crippen molar-refractivity contribution in [3.05, 3.63) is 0 Å². The Morgan fingerprint density at radius 1 is 0.806 bits per heavy atom. The average Bonchev–Trinajstić information content (AvgIpc) is 2.77. The smallest absolute Gasteiger partial charge is 0.325 e. The van der Waals surface area contributed by atoms with Gasteiger partial charge >= 0.3 is 11.9 Å². The van der Waals surface area contributed by atoms with E-state index in [4.69, 9.17) is 15.9 Å². The third kappa shape index (κ3) is 11.7. The van der Waals surface area contributed by atoms with Crippen LogP contribution in [-0.4, -0.2) is 99.2 Å². The van der Waals surface area contributed by atoms with E-state index in [1.165, 1.54) is 25.6 Å². The van der Waals surface area contributed by atoms with Crippen LogP contribution in [-0.2, 0) is 28.8 Å². The van der Waals surface area contributed by atoms with Gasteiger partial charge in [-0.15, -0.1) is 0 Å². The van der Waals surface area contributed by atoms with Crippen LogP contribution in [0.15, 0.2) is 0 Å². The lowest BCUT2D eigenvalue weighted by molar-refractivity contribution is -0.143. The van der Waals surface area contributed by atoms with Gasteiger partial charge in [0.1, 0.15) is 30.2 Å². The average molecular weight is 536 g/mol. The Balaban J connectivity index is 5.63. The van der Waals surface area contributed by atoms with Gasteiger partial charge in [-0.3, -0.25) is 28.8 Å². The zero-order valence-electron chi connectivity index (χ0n) is 20.9. The minimum Gasteiger partial charge on any atom is -0.481 e. The number of hydrogen-bond donors (Lipinski definition) is 8. The molecular weight excluding hydrogens is 498 g/mol. The molecule has 0 spiro atoms. The number of carboxylic acid groups (broad SMARTS) is 2. The summed E-state index contributed by atoms with van der Waals surface area (Å²) >= 11 is 1.41. The first-order valence-corrected chi connectivity index (χ1v) is 12.6. The van der Waals surface area contributed by atoms with Crippen LogP contribution in [0.25, 0.3) is 0 Å². The molecule has 206 valence electrons. The molecule has 9 N–H and O–H groups in total. The summed E-state index contributed by atoms with van der Waals surface area (Å²) in [5.74, 6) is -6.20. The maximum atomic E-state index is 13.0. The molecule has 0 aromatic rings. The lowest BCUT2D eigenvalue weighted by Gasteiger charge is -2.27. The molecule has 4 amide bonds. The van der Waals surface area contributed by atoms with Gasteiger partial charge in [0, 0.05) is 0 Å². The van der Waals surface area contributed by atoms with Crippen LogP contribution in [0.5, 0.6) is 0 Å². The first kappa shape index (κ1) is 33.1. The predicted molar refractivity (Wildman–Crippen MR) is 131 cm³/mol. The number of thioether (sulfide) groups is 1. The van der Waals surface area contributed by atoms with Crippen LogP contribution >= 0.6 is 11.8 Å². The van der Waals surface area contributed by atoms with Crippen molar-refractivity contribution in [1.82, 2.24) is 21.3 Å². The molecule has 15 heteroatoms. The van der Waals surface area contributed by atoms with Gasteiger partial charge in [0.05, 0.1) is 12.5 Å². The van der Waals surface area contributed by atoms with E-state index in [-0.39, 0.29) is 6.42 Å². The second kappa shape index (κ2) is 16.0. The third-order valence-electron chi connectivity index (χ3n) is 5.05. The number of carbonyl (C=O) groups is 6. The van der Waals surface area contributed by atoms with Crippen molar-refractivity contribution in [2.75, 3.05) is 12.0 Å². The van der Waals surface area contributed by atoms with Gasteiger partial charge in [0.25, 0.3) is 0 Å². The Morgan fingerprint density at radius 3 is 1.78 bits per heavy atom. The zero-order chi connectivity index (χ0) is 28.2. The van der Waals surface area contributed by atoms with E-state index >= 15 is 0 Å². The van der Waals surface area contributed by atoms with Crippen molar-refractivity contribution in [3.63, 3.8) is 0 Å². The topological polar surface area (TPSA) is 237 Å². The van der Waals surface area contributed by atoms with Crippen molar-refractivity contribution >= 4 is 47.3 Å². The summed E-state index contributed by atoms with van der Waals surface area (Å²) in [5, 5.41) is 36.9. The third-order valence-corrected chi connectivity index (χ3v) is 5.70. The van der Waals surface area contributed by atoms with Gasteiger partial charge < -0.3 is 42.3 Å². The molecule has 0 saturated carbocycles. The quantitative estimate of drug-likeness (QED) is 0.104. The summed E-state index contributed by atoms with van der Waals surface area (Å²) in [6, 6.07) is -6.52. The van der Waals surface area contributed by atoms with Crippen LogP contribution in [0.4, 0.5) is 0 Å². The lowest BCUT2D eigenvalue weighted by Crippen LogP contribution is -2.60. The van der Waals surface area contributed by atoms with Gasteiger partial charge in [0.2, 0.25) is 23.6 Å². The molecule has 0 radical (unpaired) electrons. The molecule has 0 aliphatic heterocycles. The molecule has 0 aliphatic rings. The van der Waals surface area contributed by atoms with Crippen LogP contribution < -0.4 is 27.0 Å². The predicted octanol–water partition coefficient (Wildman–Crippen LogP) is -2.38. The molecule has 0 saturated heterocycles. The van der Waals surface area contributed by atoms with E-state index < -0.39 is 84.2 Å². The molecule has 6 atom stereocenters. The summed E-state index contributed by atoms with van der Waals surface area (Å²) in [4.78, 5) is 72.8. The molecule has 0 bridgehead atoms. The largest absolute Gasteiger partial charge is 0.481 e. The molecule has 0 aromatic carbocycles. The Morgan fingerprint density at radius 2 is 1.33 bits per heavy atom. The molecule has 36 heavy (non-hydrogen) atoms. The summed E-state index contributed by atoms with van der Waals surface area (Å²) in [7, 11) is 0. The number of nitrogens with two attached hydrogens (primary N) is 1. The minimum atomic E-state index is -1.61. The maximum absolute atomic E-state index is 13.0. The number of nitrogens with one attached hydrogen (secondary N) is 4. The first-order valence-electron chi connectivity index (χ1n) is 11.2. The number of rotatable bonds is 16. The summed E-state index contributed by atoms with van der Waals surface area (Å²) in [6.45, 7) is 5.69. The van der Waals surface area contributed by atoms with Crippen LogP contribution in [0.1, 0.15) is 40.5 Å². The fourth-order valence-electron chi connectivity index (χ4n) is 2.80. The highest BCUT2D eigenvalue weighted by molar-refractivity contribution is 7.98. The molecular formula is C21H37N5O9S. The minimum absolute atomic E-state index is 0.189. The Kier molecular flexibility index (Phi) is 14.7. The number of hydrogen-bond acceptors (Lipinski definition) is 9.